The molecule has 0 radical (unpaired) electrons. The number of likely N-dealkylation sites (tertiary alicyclic amines) is 1. The summed E-state index contributed by atoms with van der Waals surface area (Å²) in [6.07, 6.45) is 1.05. The van der Waals surface area contributed by atoms with Crippen LogP contribution in [0.4, 0.5) is 8.78 Å². The predicted molar refractivity (Wildman–Crippen MR) is 79.3 cm³/mol. The third-order valence-corrected chi connectivity index (χ3v) is 4.57. The molecule has 116 valence electrons. The van der Waals surface area contributed by atoms with Crippen LogP contribution >= 0.6 is 0 Å². The van der Waals surface area contributed by atoms with Crippen molar-refractivity contribution in [3.8, 4) is 0 Å². The lowest BCUT2D eigenvalue weighted by Crippen LogP contribution is -2.38. The van der Waals surface area contributed by atoms with Crippen molar-refractivity contribution in [3.63, 3.8) is 0 Å². The van der Waals surface area contributed by atoms with Crippen molar-refractivity contribution in [2.75, 3.05) is 13.1 Å². The third kappa shape index (κ3) is 3.49. The van der Waals surface area contributed by atoms with E-state index in [9.17, 15) is 13.6 Å². The van der Waals surface area contributed by atoms with Crippen LogP contribution in [0.3, 0.4) is 0 Å². The Hall–Kier alpha value is -1.29. The monoisotopic (exact) mass is 295 g/mol. The predicted octanol–water partition coefficient (Wildman–Crippen LogP) is 3.90. The summed E-state index contributed by atoms with van der Waals surface area (Å²) in [5, 5.41) is 0. The molecule has 4 heteroatoms. The molecule has 2 unspecified atom stereocenters. The zero-order valence-electron chi connectivity index (χ0n) is 13.1. The minimum Gasteiger partial charge on any atom is -0.293 e. The van der Waals surface area contributed by atoms with Gasteiger partial charge in [0, 0.05) is 12.6 Å². The van der Waals surface area contributed by atoms with Crippen molar-refractivity contribution >= 4 is 5.78 Å². The molecule has 0 bridgehead atoms. The van der Waals surface area contributed by atoms with Gasteiger partial charge in [-0.05, 0) is 43.4 Å². The third-order valence-electron chi connectivity index (χ3n) is 4.57. The summed E-state index contributed by atoms with van der Waals surface area (Å²) >= 11 is 0. The van der Waals surface area contributed by atoms with Gasteiger partial charge in [-0.2, -0.15) is 0 Å². The number of halogens is 2. The molecule has 0 N–H and O–H groups in total. The Morgan fingerprint density at radius 3 is 2.52 bits per heavy atom. The second-order valence-electron chi connectivity index (χ2n) is 7.01. The lowest BCUT2D eigenvalue weighted by atomic mass is 9.80. The van der Waals surface area contributed by atoms with Crippen LogP contribution in [-0.2, 0) is 0 Å². The molecule has 0 spiro atoms. The van der Waals surface area contributed by atoms with Gasteiger partial charge in [0.15, 0.2) is 5.78 Å². The molecule has 1 aliphatic heterocycles. The Morgan fingerprint density at radius 1 is 1.33 bits per heavy atom. The molecule has 0 aliphatic carbocycles. The summed E-state index contributed by atoms with van der Waals surface area (Å²) in [5.41, 5.74) is 0.182. The van der Waals surface area contributed by atoms with Gasteiger partial charge < -0.3 is 0 Å². The molecule has 21 heavy (non-hydrogen) atoms. The largest absolute Gasteiger partial charge is 0.293 e. The van der Waals surface area contributed by atoms with E-state index in [1.807, 2.05) is 0 Å². The maximum Gasteiger partial charge on any atom is 0.182 e. The minimum absolute atomic E-state index is 0.0249. The van der Waals surface area contributed by atoms with Gasteiger partial charge in [0.1, 0.15) is 11.6 Å². The number of hydrogen-bond donors (Lipinski definition) is 0. The standard InChI is InChI=1S/C17H23F2NO/c1-11(20-8-7-12(10-20)17(2,3)4)16(21)14-6-5-13(18)9-15(14)19/h5-6,9,11-12H,7-8,10H2,1-4H3. The first kappa shape index (κ1) is 16.1. The summed E-state index contributed by atoms with van der Waals surface area (Å²) in [4.78, 5) is 14.5. The topological polar surface area (TPSA) is 20.3 Å². The van der Waals surface area contributed by atoms with Crippen molar-refractivity contribution in [2.24, 2.45) is 11.3 Å². The highest BCUT2D eigenvalue weighted by molar-refractivity contribution is 6.00. The average molecular weight is 295 g/mol. The number of rotatable bonds is 3. The second kappa shape index (κ2) is 5.84. The molecule has 0 amide bonds. The van der Waals surface area contributed by atoms with Crippen LogP contribution < -0.4 is 0 Å². The van der Waals surface area contributed by atoms with E-state index in [1.165, 1.54) is 6.07 Å². The van der Waals surface area contributed by atoms with E-state index in [4.69, 9.17) is 0 Å². The SMILES string of the molecule is CC(C(=O)c1ccc(F)cc1F)N1CCC(C(C)(C)C)C1. The fraction of sp³-hybridized carbons (Fsp3) is 0.588. The number of benzene rings is 1. The Morgan fingerprint density at radius 2 is 2.00 bits per heavy atom. The highest BCUT2D eigenvalue weighted by Gasteiger charge is 2.35. The smallest absolute Gasteiger partial charge is 0.182 e. The van der Waals surface area contributed by atoms with Crippen molar-refractivity contribution in [1.82, 2.24) is 4.90 Å². The van der Waals surface area contributed by atoms with Gasteiger partial charge in [0.2, 0.25) is 0 Å². The Kier molecular flexibility index (Phi) is 4.47. The van der Waals surface area contributed by atoms with Crippen LogP contribution in [0, 0.1) is 23.0 Å². The van der Waals surface area contributed by atoms with Crippen LogP contribution in [0.15, 0.2) is 18.2 Å². The van der Waals surface area contributed by atoms with Gasteiger partial charge in [0.05, 0.1) is 11.6 Å². The number of carbonyl (C=O) groups is 1. The number of hydrogen-bond acceptors (Lipinski definition) is 2. The number of ketones is 1. The van der Waals surface area contributed by atoms with E-state index in [0.29, 0.717) is 5.92 Å². The van der Waals surface area contributed by atoms with Crippen LogP contribution in [0.1, 0.15) is 44.5 Å². The van der Waals surface area contributed by atoms with Crippen LogP contribution in [-0.4, -0.2) is 29.8 Å². The van der Waals surface area contributed by atoms with E-state index in [1.54, 1.807) is 6.92 Å². The minimum atomic E-state index is -0.779. The number of Topliss-reactive ketones (excluding diaryl/α,β-unsaturated/α-hetero) is 1. The zero-order chi connectivity index (χ0) is 15.8. The summed E-state index contributed by atoms with van der Waals surface area (Å²) in [6, 6.07) is 2.76. The van der Waals surface area contributed by atoms with Gasteiger partial charge >= 0.3 is 0 Å². The molecular weight excluding hydrogens is 272 g/mol. The summed E-state index contributed by atoms with van der Waals surface area (Å²) in [6.45, 7) is 10.1. The molecular formula is C17H23F2NO. The molecule has 1 aromatic rings. The lowest BCUT2D eigenvalue weighted by molar-refractivity contribution is 0.0849. The number of nitrogens with zero attached hydrogens (tertiary/aromatic N) is 1. The highest BCUT2D eigenvalue weighted by atomic mass is 19.1. The first-order valence-corrected chi connectivity index (χ1v) is 7.43. The van der Waals surface area contributed by atoms with Gasteiger partial charge in [-0.25, -0.2) is 8.78 Å². The van der Waals surface area contributed by atoms with Crippen LogP contribution in [0.2, 0.25) is 0 Å². The highest BCUT2D eigenvalue weighted by Crippen LogP contribution is 2.34. The second-order valence-corrected chi connectivity index (χ2v) is 7.01. The van der Waals surface area contributed by atoms with Gasteiger partial charge in [-0.1, -0.05) is 20.8 Å². The maximum atomic E-state index is 13.7. The Labute approximate surface area is 125 Å². The van der Waals surface area contributed by atoms with E-state index < -0.39 is 11.6 Å². The first-order chi connectivity index (χ1) is 9.70. The molecule has 2 rings (SSSR count). The van der Waals surface area contributed by atoms with E-state index in [-0.39, 0.29) is 22.8 Å². The normalized spacial score (nSPS) is 21.5. The van der Waals surface area contributed by atoms with Gasteiger partial charge in [0.25, 0.3) is 0 Å². The van der Waals surface area contributed by atoms with Crippen molar-refractivity contribution in [2.45, 2.75) is 40.2 Å². The van der Waals surface area contributed by atoms with Gasteiger partial charge in [-0.15, -0.1) is 0 Å². The van der Waals surface area contributed by atoms with E-state index >= 15 is 0 Å². The molecule has 1 heterocycles. The molecule has 2 atom stereocenters. The molecule has 1 aliphatic rings. The summed E-state index contributed by atoms with van der Waals surface area (Å²) in [7, 11) is 0. The Balaban J connectivity index is 2.10. The lowest BCUT2D eigenvalue weighted by Gasteiger charge is -2.28. The van der Waals surface area contributed by atoms with E-state index in [0.717, 1.165) is 31.6 Å². The number of carbonyl (C=O) groups excluding carboxylic acids is 1. The molecule has 1 saturated heterocycles. The van der Waals surface area contributed by atoms with Crippen molar-refractivity contribution < 1.29 is 13.6 Å². The average Bonchev–Trinajstić information content (AvgIpc) is 2.86. The molecule has 1 fully saturated rings. The maximum absolute atomic E-state index is 13.7. The Bertz CT molecular complexity index is 536. The molecule has 0 aromatic heterocycles. The fourth-order valence-corrected chi connectivity index (χ4v) is 2.93. The summed E-state index contributed by atoms with van der Waals surface area (Å²) in [5.74, 6) is -1.18. The van der Waals surface area contributed by atoms with Crippen LogP contribution in [0.25, 0.3) is 0 Å². The zero-order valence-corrected chi connectivity index (χ0v) is 13.1. The van der Waals surface area contributed by atoms with Crippen LogP contribution in [0.5, 0.6) is 0 Å². The van der Waals surface area contributed by atoms with E-state index in [2.05, 4.69) is 25.7 Å². The molecule has 0 saturated carbocycles. The first-order valence-electron chi connectivity index (χ1n) is 7.43. The van der Waals surface area contributed by atoms with Gasteiger partial charge in [-0.3, -0.25) is 9.69 Å². The quantitative estimate of drug-likeness (QED) is 0.788. The molecule has 1 aromatic carbocycles. The van der Waals surface area contributed by atoms with Crippen molar-refractivity contribution in [3.05, 3.63) is 35.4 Å². The molecule has 2 nitrogen and oxygen atoms in total. The summed E-state index contributed by atoms with van der Waals surface area (Å²) < 4.78 is 26.7. The van der Waals surface area contributed by atoms with Crippen molar-refractivity contribution in [1.29, 1.82) is 0 Å². The fourth-order valence-electron chi connectivity index (χ4n) is 2.93.